The summed E-state index contributed by atoms with van der Waals surface area (Å²) in [5, 5.41) is 2.81. The second-order valence-electron chi connectivity index (χ2n) is 4.51. The first-order valence-electron chi connectivity index (χ1n) is 6.47. The number of hydrogen-bond donors (Lipinski definition) is 1. The maximum absolute atomic E-state index is 12.2. The van der Waals surface area contributed by atoms with Gasteiger partial charge in [0.25, 0.3) is 5.91 Å². The molecule has 0 saturated heterocycles. The number of benzene rings is 2. The van der Waals surface area contributed by atoms with Crippen molar-refractivity contribution < 1.29 is 18.3 Å². The number of rotatable bonds is 5. The van der Waals surface area contributed by atoms with Crippen molar-refractivity contribution in [2.45, 2.75) is 19.6 Å². The van der Waals surface area contributed by atoms with Gasteiger partial charge in [0.2, 0.25) is 0 Å². The lowest BCUT2D eigenvalue weighted by Gasteiger charge is -2.15. The fraction of sp³-hybridized carbons (Fsp3) is 0.188. The van der Waals surface area contributed by atoms with Gasteiger partial charge in [0, 0.05) is 5.56 Å². The van der Waals surface area contributed by atoms with E-state index in [0.717, 1.165) is 0 Å². The third kappa shape index (κ3) is 4.27. The molecule has 0 bridgehead atoms. The van der Waals surface area contributed by atoms with Gasteiger partial charge in [0.05, 0.1) is 6.04 Å². The summed E-state index contributed by atoms with van der Waals surface area (Å²) in [5.41, 5.74) is 1.24. The summed E-state index contributed by atoms with van der Waals surface area (Å²) >= 11 is 0. The van der Waals surface area contributed by atoms with Gasteiger partial charge < -0.3 is 10.1 Å². The van der Waals surface area contributed by atoms with E-state index in [1.807, 2.05) is 6.07 Å². The molecular weight excluding hydrogens is 276 g/mol. The van der Waals surface area contributed by atoms with E-state index in [1.54, 1.807) is 43.3 Å². The summed E-state index contributed by atoms with van der Waals surface area (Å²) in [7, 11) is 0. The molecule has 3 nitrogen and oxygen atoms in total. The van der Waals surface area contributed by atoms with E-state index in [9.17, 15) is 13.6 Å². The highest BCUT2D eigenvalue weighted by Gasteiger charge is 2.12. The Hall–Kier alpha value is -2.43. The first-order valence-corrected chi connectivity index (χ1v) is 6.47. The quantitative estimate of drug-likeness (QED) is 0.910. The van der Waals surface area contributed by atoms with Crippen LogP contribution in [0.1, 0.15) is 28.9 Å². The topological polar surface area (TPSA) is 38.3 Å². The van der Waals surface area contributed by atoms with Crippen molar-refractivity contribution in [1.29, 1.82) is 0 Å². The molecule has 0 aliphatic rings. The van der Waals surface area contributed by atoms with E-state index < -0.39 is 6.61 Å². The van der Waals surface area contributed by atoms with Crippen LogP contribution >= 0.6 is 0 Å². The minimum absolute atomic E-state index is 0.0725. The molecule has 2 rings (SSSR count). The van der Waals surface area contributed by atoms with Crippen LogP contribution in [0.4, 0.5) is 8.78 Å². The highest BCUT2D eigenvalue weighted by atomic mass is 19.3. The minimum atomic E-state index is -2.87. The number of carbonyl (C=O) groups is 1. The monoisotopic (exact) mass is 291 g/mol. The number of alkyl halides is 2. The number of ether oxygens (including phenoxy) is 1. The zero-order valence-electron chi connectivity index (χ0n) is 11.4. The second-order valence-corrected chi connectivity index (χ2v) is 4.51. The van der Waals surface area contributed by atoms with E-state index in [-0.39, 0.29) is 17.7 Å². The molecule has 1 amide bonds. The maximum atomic E-state index is 12.2. The van der Waals surface area contributed by atoms with Crippen molar-refractivity contribution >= 4 is 5.91 Å². The van der Waals surface area contributed by atoms with Crippen molar-refractivity contribution in [1.82, 2.24) is 5.32 Å². The molecule has 0 saturated carbocycles. The number of carbonyl (C=O) groups excluding carboxylic acids is 1. The third-order valence-corrected chi connectivity index (χ3v) is 2.97. The largest absolute Gasteiger partial charge is 0.435 e. The van der Waals surface area contributed by atoms with Crippen molar-refractivity contribution in [2.24, 2.45) is 0 Å². The van der Waals surface area contributed by atoms with Crippen LogP contribution < -0.4 is 10.1 Å². The van der Waals surface area contributed by atoms with Crippen molar-refractivity contribution in [3.63, 3.8) is 0 Å². The van der Waals surface area contributed by atoms with Gasteiger partial charge in [0.15, 0.2) is 0 Å². The number of hydrogen-bond acceptors (Lipinski definition) is 2. The lowest BCUT2D eigenvalue weighted by atomic mass is 10.1. The zero-order valence-corrected chi connectivity index (χ0v) is 11.4. The van der Waals surface area contributed by atoms with Crippen molar-refractivity contribution in [2.75, 3.05) is 0 Å². The van der Waals surface area contributed by atoms with Crippen molar-refractivity contribution in [3.8, 4) is 5.75 Å². The van der Waals surface area contributed by atoms with E-state index in [0.29, 0.717) is 11.1 Å². The molecule has 0 aliphatic carbocycles. The Balaban J connectivity index is 2.06. The molecule has 0 spiro atoms. The Morgan fingerprint density at radius 1 is 1.10 bits per heavy atom. The van der Waals surface area contributed by atoms with Gasteiger partial charge in [0.1, 0.15) is 5.75 Å². The Labute approximate surface area is 121 Å². The van der Waals surface area contributed by atoms with Crippen LogP contribution in [0.2, 0.25) is 0 Å². The van der Waals surface area contributed by atoms with E-state index >= 15 is 0 Å². The molecule has 0 aromatic heterocycles. The normalized spacial score (nSPS) is 12.0. The van der Waals surface area contributed by atoms with Gasteiger partial charge in [-0.2, -0.15) is 8.78 Å². The zero-order chi connectivity index (χ0) is 15.2. The molecule has 1 N–H and O–H groups in total. The molecule has 2 aromatic rings. The Morgan fingerprint density at radius 2 is 1.81 bits per heavy atom. The maximum Gasteiger partial charge on any atom is 0.387 e. The summed E-state index contributed by atoms with van der Waals surface area (Å²) in [6.45, 7) is -1.09. The lowest BCUT2D eigenvalue weighted by Crippen LogP contribution is -2.26. The fourth-order valence-electron chi connectivity index (χ4n) is 1.91. The summed E-state index contributed by atoms with van der Waals surface area (Å²) in [6, 6.07) is 14.8. The van der Waals surface area contributed by atoms with Crippen LogP contribution in [-0.2, 0) is 0 Å². The van der Waals surface area contributed by atoms with Gasteiger partial charge in [-0.05, 0) is 36.8 Å². The minimum Gasteiger partial charge on any atom is -0.435 e. The SMILES string of the molecule is CC(NC(=O)c1ccccc1)c1cccc(OC(F)F)c1. The Bertz CT molecular complexity index is 602. The van der Waals surface area contributed by atoms with Gasteiger partial charge in [-0.3, -0.25) is 4.79 Å². The van der Waals surface area contributed by atoms with Gasteiger partial charge >= 0.3 is 6.61 Å². The average molecular weight is 291 g/mol. The van der Waals surface area contributed by atoms with Gasteiger partial charge in [-0.25, -0.2) is 0 Å². The molecule has 5 heteroatoms. The van der Waals surface area contributed by atoms with Gasteiger partial charge in [-0.1, -0.05) is 30.3 Å². The molecule has 2 aromatic carbocycles. The standard InChI is InChI=1S/C16H15F2NO2/c1-11(19-15(20)12-6-3-2-4-7-12)13-8-5-9-14(10-13)21-16(17)18/h2-11,16H,1H3,(H,19,20). The molecule has 0 radical (unpaired) electrons. The summed E-state index contributed by atoms with van der Waals surface area (Å²) < 4.78 is 28.7. The van der Waals surface area contributed by atoms with E-state index in [1.165, 1.54) is 12.1 Å². The summed E-state index contributed by atoms with van der Waals surface area (Å²) in [5.74, 6) is -0.147. The molecule has 0 aliphatic heterocycles. The van der Waals surface area contributed by atoms with Crippen LogP contribution in [0.3, 0.4) is 0 Å². The summed E-state index contributed by atoms with van der Waals surface area (Å²) in [6.07, 6.45) is 0. The molecule has 0 heterocycles. The second kappa shape index (κ2) is 6.83. The highest BCUT2D eigenvalue weighted by molar-refractivity contribution is 5.94. The Kier molecular flexibility index (Phi) is 4.87. The van der Waals surface area contributed by atoms with Crippen LogP contribution in [-0.4, -0.2) is 12.5 Å². The number of nitrogens with one attached hydrogen (secondary N) is 1. The van der Waals surface area contributed by atoms with Crippen LogP contribution in [0, 0.1) is 0 Å². The first kappa shape index (κ1) is 15.0. The average Bonchev–Trinajstić information content (AvgIpc) is 2.47. The van der Waals surface area contributed by atoms with Gasteiger partial charge in [-0.15, -0.1) is 0 Å². The number of halogens is 2. The highest BCUT2D eigenvalue weighted by Crippen LogP contribution is 2.21. The first-order chi connectivity index (χ1) is 10.1. The van der Waals surface area contributed by atoms with Crippen molar-refractivity contribution in [3.05, 3.63) is 65.7 Å². The van der Waals surface area contributed by atoms with E-state index in [2.05, 4.69) is 10.1 Å². The molecule has 0 fully saturated rings. The Morgan fingerprint density at radius 3 is 2.48 bits per heavy atom. The summed E-state index contributed by atoms with van der Waals surface area (Å²) in [4.78, 5) is 12.0. The van der Waals surface area contributed by atoms with Crippen LogP contribution in [0.15, 0.2) is 54.6 Å². The van der Waals surface area contributed by atoms with Crippen LogP contribution in [0.5, 0.6) is 5.75 Å². The molecular formula is C16H15F2NO2. The number of amides is 1. The lowest BCUT2D eigenvalue weighted by molar-refractivity contribution is -0.0499. The molecule has 1 atom stereocenters. The smallest absolute Gasteiger partial charge is 0.387 e. The molecule has 21 heavy (non-hydrogen) atoms. The van der Waals surface area contributed by atoms with E-state index in [4.69, 9.17) is 0 Å². The van der Waals surface area contributed by atoms with Crippen LogP contribution in [0.25, 0.3) is 0 Å². The molecule has 1 unspecified atom stereocenters. The molecule has 110 valence electrons. The predicted octanol–water partition coefficient (Wildman–Crippen LogP) is 3.78. The fourth-order valence-corrected chi connectivity index (χ4v) is 1.91. The predicted molar refractivity (Wildman–Crippen MR) is 75.4 cm³/mol. The third-order valence-electron chi connectivity index (χ3n) is 2.97.